The highest BCUT2D eigenvalue weighted by atomic mass is 16.8. The maximum absolute atomic E-state index is 10.8. The summed E-state index contributed by atoms with van der Waals surface area (Å²) >= 11 is 0. The summed E-state index contributed by atoms with van der Waals surface area (Å²) in [5.41, 5.74) is 0. The van der Waals surface area contributed by atoms with Gasteiger partial charge in [0.2, 0.25) is 0 Å². The van der Waals surface area contributed by atoms with Gasteiger partial charge in [0.25, 0.3) is 0 Å². The van der Waals surface area contributed by atoms with Crippen molar-refractivity contribution in [2.75, 3.05) is 0 Å². The number of aliphatic hydroxyl groups is 2. The van der Waals surface area contributed by atoms with Crippen molar-refractivity contribution in [1.82, 2.24) is 0 Å². The first-order valence-corrected chi connectivity index (χ1v) is 3.96. The Balaban J connectivity index is 2.78. The molecule has 0 aliphatic carbocycles. The van der Waals surface area contributed by atoms with E-state index in [0.717, 1.165) is 12.2 Å². The van der Waals surface area contributed by atoms with E-state index in [0.29, 0.717) is 0 Å². The van der Waals surface area contributed by atoms with Crippen LogP contribution in [-0.2, 0) is 19.1 Å². The second kappa shape index (κ2) is 3.77. The number of esters is 2. The molecule has 1 rings (SSSR count). The van der Waals surface area contributed by atoms with E-state index in [4.69, 9.17) is 5.11 Å². The molecule has 1 aliphatic rings. The molecule has 0 aromatic carbocycles. The Hall–Kier alpha value is -1.40. The molecule has 2 N–H and O–H groups in total. The van der Waals surface area contributed by atoms with E-state index in [2.05, 4.69) is 9.47 Å². The van der Waals surface area contributed by atoms with Crippen molar-refractivity contribution < 1.29 is 29.3 Å². The molecular formula is C8H10O6. The zero-order valence-electron chi connectivity index (χ0n) is 7.47. The third-order valence-electron chi connectivity index (χ3n) is 1.43. The van der Waals surface area contributed by atoms with Gasteiger partial charge in [-0.2, -0.15) is 0 Å². The lowest BCUT2D eigenvalue weighted by atomic mass is 10.2. The number of hydrogen-bond donors (Lipinski definition) is 2. The van der Waals surface area contributed by atoms with Crippen LogP contribution in [0.5, 0.6) is 0 Å². The van der Waals surface area contributed by atoms with Crippen LogP contribution >= 0.6 is 0 Å². The van der Waals surface area contributed by atoms with E-state index in [9.17, 15) is 14.7 Å². The molecular weight excluding hydrogens is 192 g/mol. The summed E-state index contributed by atoms with van der Waals surface area (Å²) in [7, 11) is 0. The first kappa shape index (κ1) is 10.7. The van der Waals surface area contributed by atoms with Crippen LogP contribution in [0.4, 0.5) is 0 Å². The van der Waals surface area contributed by atoms with Gasteiger partial charge in [0.1, 0.15) is 0 Å². The maximum Gasteiger partial charge on any atom is 0.376 e. The van der Waals surface area contributed by atoms with Crippen LogP contribution in [0.25, 0.3) is 0 Å². The minimum absolute atomic E-state index is 0.397. The molecule has 1 atom stereocenters. The van der Waals surface area contributed by atoms with Gasteiger partial charge in [-0.3, -0.25) is 0 Å². The second-order valence-corrected chi connectivity index (χ2v) is 2.94. The lowest BCUT2D eigenvalue weighted by molar-refractivity contribution is -0.328. The Morgan fingerprint density at radius 1 is 1.36 bits per heavy atom. The van der Waals surface area contributed by atoms with Crippen LogP contribution in [0.2, 0.25) is 0 Å². The SMILES string of the molecule is CC(O)CC1(O)OC(=O)C=CC(=O)O1. The lowest BCUT2D eigenvalue weighted by Crippen LogP contribution is -2.40. The largest absolute Gasteiger partial charge is 0.395 e. The lowest BCUT2D eigenvalue weighted by Gasteiger charge is -2.25. The minimum atomic E-state index is -2.38. The van der Waals surface area contributed by atoms with Crippen molar-refractivity contribution in [3.05, 3.63) is 12.2 Å². The van der Waals surface area contributed by atoms with Gasteiger partial charge in [-0.1, -0.05) is 0 Å². The third kappa shape index (κ3) is 2.82. The van der Waals surface area contributed by atoms with Crippen LogP contribution in [-0.4, -0.2) is 34.2 Å². The smallest absolute Gasteiger partial charge is 0.376 e. The zero-order chi connectivity index (χ0) is 10.8. The highest BCUT2D eigenvalue weighted by Gasteiger charge is 2.38. The molecule has 1 unspecified atom stereocenters. The maximum atomic E-state index is 10.8. The Kier molecular flexibility index (Phi) is 2.87. The molecule has 0 fully saturated rings. The molecule has 0 amide bonds. The van der Waals surface area contributed by atoms with Crippen molar-refractivity contribution in [1.29, 1.82) is 0 Å². The van der Waals surface area contributed by atoms with Crippen molar-refractivity contribution in [3.8, 4) is 0 Å². The highest BCUT2D eigenvalue weighted by Crippen LogP contribution is 2.19. The number of rotatable bonds is 2. The normalized spacial score (nSPS) is 22.2. The molecule has 6 heteroatoms. The summed E-state index contributed by atoms with van der Waals surface area (Å²) in [4.78, 5) is 21.7. The Morgan fingerprint density at radius 3 is 2.14 bits per heavy atom. The van der Waals surface area contributed by atoms with E-state index in [1.165, 1.54) is 6.92 Å². The molecule has 0 saturated heterocycles. The van der Waals surface area contributed by atoms with Gasteiger partial charge < -0.3 is 19.7 Å². The van der Waals surface area contributed by atoms with E-state index in [1.807, 2.05) is 0 Å². The van der Waals surface area contributed by atoms with E-state index < -0.39 is 30.4 Å². The Labute approximate surface area is 79.7 Å². The number of carbonyl (C=O) groups excluding carboxylic acids is 2. The summed E-state index contributed by atoms with van der Waals surface area (Å²) in [5, 5.41) is 18.4. The molecule has 0 spiro atoms. The van der Waals surface area contributed by atoms with Gasteiger partial charge in [0.15, 0.2) is 0 Å². The number of carbonyl (C=O) groups is 2. The van der Waals surface area contributed by atoms with Gasteiger partial charge in [0.05, 0.1) is 12.5 Å². The standard InChI is InChI=1S/C8H10O6/c1-5(9)4-8(12)13-6(10)2-3-7(11)14-8/h2-3,5,9,12H,4H2,1H3. The quantitative estimate of drug-likeness (QED) is 0.561. The fraction of sp³-hybridized carbons (Fsp3) is 0.500. The van der Waals surface area contributed by atoms with Crippen molar-refractivity contribution in [2.45, 2.75) is 25.4 Å². The van der Waals surface area contributed by atoms with Crippen molar-refractivity contribution in [2.24, 2.45) is 0 Å². The molecule has 78 valence electrons. The Bertz CT molecular complexity index is 260. The van der Waals surface area contributed by atoms with Crippen molar-refractivity contribution >= 4 is 11.9 Å². The van der Waals surface area contributed by atoms with Crippen LogP contribution in [0, 0.1) is 0 Å². The summed E-state index contributed by atoms with van der Waals surface area (Å²) < 4.78 is 8.81. The van der Waals surface area contributed by atoms with E-state index in [-0.39, 0.29) is 0 Å². The van der Waals surface area contributed by atoms with Crippen molar-refractivity contribution in [3.63, 3.8) is 0 Å². The summed E-state index contributed by atoms with van der Waals surface area (Å²) in [6.45, 7) is 1.36. The number of aliphatic hydroxyl groups excluding tert-OH is 1. The van der Waals surface area contributed by atoms with Crippen LogP contribution in [0.1, 0.15) is 13.3 Å². The van der Waals surface area contributed by atoms with Gasteiger partial charge in [-0.15, -0.1) is 0 Å². The van der Waals surface area contributed by atoms with Crippen LogP contribution in [0.15, 0.2) is 12.2 Å². The first-order chi connectivity index (χ1) is 6.41. The van der Waals surface area contributed by atoms with E-state index >= 15 is 0 Å². The molecule has 1 heterocycles. The molecule has 0 aromatic rings. The fourth-order valence-corrected chi connectivity index (χ4v) is 0.996. The number of cyclic esters (lactones) is 2. The highest BCUT2D eigenvalue weighted by molar-refractivity contribution is 5.93. The summed E-state index contributed by atoms with van der Waals surface area (Å²) in [6.07, 6.45) is 0.301. The number of ether oxygens (including phenoxy) is 2. The minimum Gasteiger partial charge on any atom is -0.395 e. The van der Waals surface area contributed by atoms with E-state index in [1.54, 1.807) is 0 Å². The first-order valence-electron chi connectivity index (χ1n) is 3.96. The molecule has 0 bridgehead atoms. The zero-order valence-corrected chi connectivity index (χ0v) is 7.47. The fourth-order valence-electron chi connectivity index (χ4n) is 0.996. The van der Waals surface area contributed by atoms with Crippen LogP contribution < -0.4 is 0 Å². The monoisotopic (exact) mass is 202 g/mol. The predicted octanol–water partition coefficient (Wildman–Crippen LogP) is -0.940. The van der Waals surface area contributed by atoms with Gasteiger partial charge in [-0.05, 0) is 6.92 Å². The second-order valence-electron chi connectivity index (χ2n) is 2.94. The molecule has 0 aromatic heterocycles. The molecule has 14 heavy (non-hydrogen) atoms. The van der Waals surface area contributed by atoms with Crippen LogP contribution in [0.3, 0.4) is 0 Å². The summed E-state index contributed by atoms with van der Waals surface area (Å²) in [6, 6.07) is 0. The molecule has 6 nitrogen and oxygen atoms in total. The third-order valence-corrected chi connectivity index (χ3v) is 1.43. The predicted molar refractivity (Wildman–Crippen MR) is 42.6 cm³/mol. The molecule has 0 saturated carbocycles. The number of hydrogen-bond acceptors (Lipinski definition) is 6. The molecule has 0 radical (unpaired) electrons. The van der Waals surface area contributed by atoms with Gasteiger partial charge >= 0.3 is 17.9 Å². The topological polar surface area (TPSA) is 93.1 Å². The Morgan fingerprint density at radius 2 is 1.79 bits per heavy atom. The average Bonchev–Trinajstić information content (AvgIpc) is 2.07. The average molecular weight is 202 g/mol. The van der Waals surface area contributed by atoms with Gasteiger partial charge in [0, 0.05) is 12.2 Å². The molecule has 1 aliphatic heterocycles. The van der Waals surface area contributed by atoms with Gasteiger partial charge in [-0.25, -0.2) is 9.59 Å². The summed E-state index contributed by atoms with van der Waals surface area (Å²) in [5.74, 6) is -4.19.